The molecule has 2 unspecified atom stereocenters. The molecule has 0 N–H and O–H groups in total. The van der Waals surface area contributed by atoms with Crippen LogP contribution in [-0.2, 0) is 0 Å². The van der Waals surface area contributed by atoms with E-state index in [0.717, 1.165) is 17.8 Å². The molecule has 0 fully saturated rings. The first kappa shape index (κ1) is 14.0. The van der Waals surface area contributed by atoms with E-state index in [1.807, 2.05) is 0 Å². The van der Waals surface area contributed by atoms with Gasteiger partial charge in [-0.15, -0.1) is 0 Å². The maximum Gasteiger partial charge on any atom is -0.0417 e. The molecule has 0 radical (unpaired) electrons. The van der Waals surface area contributed by atoms with Gasteiger partial charge in [0.1, 0.15) is 0 Å². The third-order valence-electron chi connectivity index (χ3n) is 3.68. The van der Waals surface area contributed by atoms with Gasteiger partial charge in [0.15, 0.2) is 0 Å². The minimum absolute atomic E-state index is 0.862. The summed E-state index contributed by atoms with van der Waals surface area (Å²) in [6, 6.07) is 0. The summed E-state index contributed by atoms with van der Waals surface area (Å²) in [6.07, 6.45) is 8.51. The topological polar surface area (TPSA) is 0 Å². The first-order valence-electron chi connectivity index (χ1n) is 6.61. The van der Waals surface area contributed by atoms with Crippen molar-refractivity contribution in [3.8, 4) is 0 Å². The Balaban J connectivity index is 3.50. The second-order valence-electron chi connectivity index (χ2n) is 5.22. The van der Waals surface area contributed by atoms with Crippen LogP contribution < -0.4 is 0 Å². The Hall–Kier alpha value is 0. The van der Waals surface area contributed by atoms with Crippen LogP contribution in [0.4, 0.5) is 0 Å². The van der Waals surface area contributed by atoms with Gasteiger partial charge in [-0.05, 0) is 17.8 Å². The van der Waals surface area contributed by atoms with Crippen LogP contribution in [0.25, 0.3) is 0 Å². The van der Waals surface area contributed by atoms with Crippen LogP contribution in [-0.4, -0.2) is 0 Å². The fraction of sp³-hybridized carbons (Fsp3) is 1.00. The third kappa shape index (κ3) is 6.45. The molecule has 86 valence electrons. The first-order chi connectivity index (χ1) is 6.61. The standard InChI is InChI=1S/C14H30/c1-6-9-14(7-2)11-8-10-13(5)12(3)4/h12-14H,6-11H2,1-5H3. The summed E-state index contributed by atoms with van der Waals surface area (Å²) in [7, 11) is 0. The lowest BCUT2D eigenvalue weighted by molar-refractivity contribution is 0.344. The molecule has 14 heavy (non-hydrogen) atoms. The molecule has 0 aliphatic rings. The van der Waals surface area contributed by atoms with Gasteiger partial charge in [0.2, 0.25) is 0 Å². The average Bonchev–Trinajstić information content (AvgIpc) is 2.16. The predicted octanol–water partition coefficient (Wildman–Crippen LogP) is 5.28. The largest absolute Gasteiger partial charge is 0.0654 e. The molecule has 0 heterocycles. The maximum atomic E-state index is 2.39. The van der Waals surface area contributed by atoms with E-state index in [2.05, 4.69) is 34.6 Å². The molecule has 0 spiro atoms. The highest BCUT2D eigenvalue weighted by Crippen LogP contribution is 2.22. The molecule has 0 aromatic carbocycles. The maximum absolute atomic E-state index is 2.39. The highest BCUT2D eigenvalue weighted by molar-refractivity contribution is 4.61. The van der Waals surface area contributed by atoms with E-state index >= 15 is 0 Å². The average molecular weight is 198 g/mol. The van der Waals surface area contributed by atoms with Crippen molar-refractivity contribution in [2.24, 2.45) is 17.8 Å². The lowest BCUT2D eigenvalue weighted by Crippen LogP contribution is -2.05. The summed E-state index contributed by atoms with van der Waals surface area (Å²) in [4.78, 5) is 0. The van der Waals surface area contributed by atoms with E-state index in [9.17, 15) is 0 Å². The summed E-state index contributed by atoms with van der Waals surface area (Å²) in [5, 5.41) is 0. The Kier molecular flexibility index (Phi) is 8.32. The summed E-state index contributed by atoms with van der Waals surface area (Å²) in [5.74, 6) is 2.77. The van der Waals surface area contributed by atoms with Crippen molar-refractivity contribution in [1.82, 2.24) is 0 Å². The molecular weight excluding hydrogens is 168 g/mol. The van der Waals surface area contributed by atoms with Gasteiger partial charge < -0.3 is 0 Å². The zero-order valence-corrected chi connectivity index (χ0v) is 11.0. The van der Waals surface area contributed by atoms with E-state index in [-0.39, 0.29) is 0 Å². The second-order valence-corrected chi connectivity index (χ2v) is 5.22. The minimum Gasteiger partial charge on any atom is -0.0654 e. The van der Waals surface area contributed by atoms with Gasteiger partial charge >= 0.3 is 0 Å². The molecule has 0 saturated carbocycles. The molecule has 0 aromatic heterocycles. The van der Waals surface area contributed by atoms with Crippen molar-refractivity contribution < 1.29 is 0 Å². The van der Waals surface area contributed by atoms with Crippen molar-refractivity contribution >= 4 is 0 Å². The molecule has 0 aliphatic carbocycles. The van der Waals surface area contributed by atoms with E-state index in [0.29, 0.717) is 0 Å². The second kappa shape index (κ2) is 8.32. The van der Waals surface area contributed by atoms with Crippen LogP contribution in [0.1, 0.15) is 73.1 Å². The zero-order valence-electron chi connectivity index (χ0n) is 11.0. The molecule has 0 nitrogen and oxygen atoms in total. The number of rotatable bonds is 8. The predicted molar refractivity (Wildman–Crippen MR) is 66.5 cm³/mol. The quantitative estimate of drug-likeness (QED) is 0.498. The normalized spacial score (nSPS) is 15.9. The molecule has 0 aliphatic heterocycles. The Morgan fingerprint density at radius 1 is 0.857 bits per heavy atom. The van der Waals surface area contributed by atoms with Crippen LogP contribution in [0.5, 0.6) is 0 Å². The van der Waals surface area contributed by atoms with Crippen molar-refractivity contribution in [3.05, 3.63) is 0 Å². The monoisotopic (exact) mass is 198 g/mol. The van der Waals surface area contributed by atoms with Gasteiger partial charge in [0.05, 0.1) is 0 Å². The van der Waals surface area contributed by atoms with Crippen molar-refractivity contribution in [3.63, 3.8) is 0 Å². The van der Waals surface area contributed by atoms with Crippen LogP contribution >= 0.6 is 0 Å². The summed E-state index contributed by atoms with van der Waals surface area (Å²) < 4.78 is 0. The van der Waals surface area contributed by atoms with Gasteiger partial charge in [-0.1, -0.05) is 73.1 Å². The van der Waals surface area contributed by atoms with Crippen LogP contribution in [0.3, 0.4) is 0 Å². The smallest absolute Gasteiger partial charge is 0.0417 e. The summed E-state index contributed by atoms with van der Waals surface area (Å²) >= 11 is 0. The molecular formula is C14H30. The lowest BCUT2D eigenvalue weighted by atomic mass is 9.88. The molecule has 2 atom stereocenters. The van der Waals surface area contributed by atoms with Crippen molar-refractivity contribution in [2.45, 2.75) is 73.1 Å². The number of hydrogen-bond acceptors (Lipinski definition) is 0. The number of hydrogen-bond donors (Lipinski definition) is 0. The fourth-order valence-corrected chi connectivity index (χ4v) is 2.02. The lowest BCUT2D eigenvalue weighted by Gasteiger charge is -2.18. The van der Waals surface area contributed by atoms with E-state index in [4.69, 9.17) is 0 Å². The van der Waals surface area contributed by atoms with Gasteiger partial charge in [-0.2, -0.15) is 0 Å². The highest BCUT2D eigenvalue weighted by atomic mass is 14.1. The van der Waals surface area contributed by atoms with Gasteiger partial charge in [0, 0.05) is 0 Å². The summed E-state index contributed by atoms with van der Waals surface area (Å²) in [6.45, 7) is 11.7. The molecule has 0 saturated heterocycles. The fourth-order valence-electron chi connectivity index (χ4n) is 2.02. The van der Waals surface area contributed by atoms with E-state index in [1.165, 1.54) is 38.5 Å². The van der Waals surface area contributed by atoms with Gasteiger partial charge in [-0.3, -0.25) is 0 Å². The van der Waals surface area contributed by atoms with Crippen molar-refractivity contribution in [2.75, 3.05) is 0 Å². The Bertz CT molecular complexity index is 115. The molecule has 0 amide bonds. The SMILES string of the molecule is CCCC(CC)CCCC(C)C(C)C. The van der Waals surface area contributed by atoms with Crippen LogP contribution in [0, 0.1) is 17.8 Å². The Morgan fingerprint density at radius 2 is 1.50 bits per heavy atom. The van der Waals surface area contributed by atoms with Crippen LogP contribution in [0.2, 0.25) is 0 Å². The Labute approximate surface area is 91.5 Å². The van der Waals surface area contributed by atoms with Crippen molar-refractivity contribution in [1.29, 1.82) is 0 Å². The van der Waals surface area contributed by atoms with Crippen LogP contribution in [0.15, 0.2) is 0 Å². The zero-order chi connectivity index (χ0) is 11.0. The third-order valence-corrected chi connectivity index (χ3v) is 3.68. The molecule has 0 heteroatoms. The minimum atomic E-state index is 0.862. The molecule has 0 rings (SSSR count). The molecule has 0 bridgehead atoms. The Morgan fingerprint density at radius 3 is 1.93 bits per heavy atom. The van der Waals surface area contributed by atoms with E-state index < -0.39 is 0 Å². The molecule has 0 aromatic rings. The van der Waals surface area contributed by atoms with Gasteiger partial charge in [0.25, 0.3) is 0 Å². The van der Waals surface area contributed by atoms with E-state index in [1.54, 1.807) is 0 Å². The van der Waals surface area contributed by atoms with Gasteiger partial charge in [-0.25, -0.2) is 0 Å². The first-order valence-corrected chi connectivity index (χ1v) is 6.61. The highest BCUT2D eigenvalue weighted by Gasteiger charge is 2.09. The summed E-state index contributed by atoms with van der Waals surface area (Å²) in [5.41, 5.74) is 0.